The van der Waals surface area contributed by atoms with Gasteiger partial charge >= 0.3 is 5.97 Å². The van der Waals surface area contributed by atoms with E-state index in [2.05, 4.69) is 4.98 Å². The predicted molar refractivity (Wildman–Crippen MR) is 92.1 cm³/mol. The number of allylic oxidation sites excluding steroid dienone is 1. The highest BCUT2D eigenvalue weighted by molar-refractivity contribution is 6.30. The lowest BCUT2D eigenvalue weighted by Crippen LogP contribution is -2.10. The highest BCUT2D eigenvalue weighted by Gasteiger charge is 2.13. The summed E-state index contributed by atoms with van der Waals surface area (Å²) in [5.41, 5.74) is 1.81. The second-order valence-electron chi connectivity index (χ2n) is 5.02. The Morgan fingerprint density at radius 2 is 2.16 bits per heavy atom. The first-order valence-corrected chi connectivity index (χ1v) is 7.56. The number of rotatable bonds is 5. The molecule has 0 unspecified atom stereocenters. The Morgan fingerprint density at radius 3 is 2.88 bits per heavy atom. The maximum Gasteiger partial charge on any atom is 0.341 e. The van der Waals surface area contributed by atoms with Gasteiger partial charge in [0, 0.05) is 10.6 Å². The van der Waals surface area contributed by atoms with E-state index in [4.69, 9.17) is 25.9 Å². The van der Waals surface area contributed by atoms with Crippen molar-refractivity contribution in [3.8, 4) is 11.8 Å². The highest BCUT2D eigenvalue weighted by Crippen LogP contribution is 2.28. The SMILES string of the molecule is N#C/C(=C\c1cc(Cl)ccc1OCC(=O)O)c1nc2ccccc2o1. The first kappa shape index (κ1) is 16.6. The molecule has 0 amide bonds. The van der Waals surface area contributed by atoms with Crippen LogP contribution in [-0.4, -0.2) is 22.7 Å². The van der Waals surface area contributed by atoms with Crippen molar-refractivity contribution in [3.63, 3.8) is 0 Å². The topological polar surface area (TPSA) is 96.3 Å². The molecule has 0 fully saturated rings. The molecule has 7 heteroatoms. The fourth-order valence-electron chi connectivity index (χ4n) is 2.19. The van der Waals surface area contributed by atoms with Crippen molar-refractivity contribution in [2.24, 2.45) is 0 Å². The van der Waals surface area contributed by atoms with Crippen molar-refractivity contribution >= 4 is 40.3 Å². The lowest BCUT2D eigenvalue weighted by Gasteiger charge is -2.07. The summed E-state index contributed by atoms with van der Waals surface area (Å²) in [5.74, 6) is -0.659. The number of nitrogens with zero attached hydrogens (tertiary/aromatic N) is 2. The highest BCUT2D eigenvalue weighted by atomic mass is 35.5. The zero-order chi connectivity index (χ0) is 17.8. The Labute approximate surface area is 147 Å². The van der Waals surface area contributed by atoms with Crippen LogP contribution in [-0.2, 0) is 4.79 Å². The predicted octanol–water partition coefficient (Wildman–Crippen LogP) is 4.01. The molecule has 0 aliphatic heterocycles. The number of benzene rings is 2. The minimum Gasteiger partial charge on any atom is -0.481 e. The third-order valence-electron chi connectivity index (χ3n) is 3.27. The molecule has 0 aliphatic carbocycles. The molecule has 2 aromatic carbocycles. The molecule has 0 bridgehead atoms. The molecule has 0 spiro atoms. The van der Waals surface area contributed by atoms with Gasteiger partial charge in [0.2, 0.25) is 5.89 Å². The summed E-state index contributed by atoms with van der Waals surface area (Å²) in [6.45, 7) is -0.507. The van der Waals surface area contributed by atoms with Gasteiger partial charge in [-0.05, 0) is 36.4 Å². The standard InChI is InChI=1S/C18H11ClN2O4/c19-13-5-6-15(24-10-17(22)23)11(8-13)7-12(9-20)18-21-14-3-1-2-4-16(14)25-18/h1-8H,10H2,(H,22,23)/b12-7+. The van der Waals surface area contributed by atoms with Crippen LogP contribution in [0.25, 0.3) is 22.7 Å². The quantitative estimate of drug-likeness (QED) is 0.695. The normalized spacial score (nSPS) is 11.3. The van der Waals surface area contributed by atoms with Crippen molar-refractivity contribution in [1.29, 1.82) is 5.26 Å². The van der Waals surface area contributed by atoms with Crippen molar-refractivity contribution in [3.05, 3.63) is 58.9 Å². The Morgan fingerprint density at radius 1 is 1.36 bits per heavy atom. The van der Waals surface area contributed by atoms with Crippen LogP contribution >= 0.6 is 11.6 Å². The van der Waals surface area contributed by atoms with Gasteiger partial charge in [-0.3, -0.25) is 0 Å². The largest absolute Gasteiger partial charge is 0.481 e. The fraction of sp³-hybridized carbons (Fsp3) is 0.0556. The minimum absolute atomic E-state index is 0.160. The lowest BCUT2D eigenvalue weighted by atomic mass is 10.1. The van der Waals surface area contributed by atoms with Gasteiger partial charge < -0.3 is 14.3 Å². The van der Waals surface area contributed by atoms with Crippen LogP contribution in [0, 0.1) is 11.3 Å². The van der Waals surface area contributed by atoms with E-state index in [1.165, 1.54) is 12.1 Å². The third kappa shape index (κ3) is 3.79. The van der Waals surface area contributed by atoms with Gasteiger partial charge in [-0.15, -0.1) is 0 Å². The number of carbonyl (C=O) groups is 1. The molecule has 1 N–H and O–H groups in total. The molecule has 6 nitrogen and oxygen atoms in total. The van der Waals surface area contributed by atoms with Crippen LogP contribution in [0.2, 0.25) is 5.02 Å². The lowest BCUT2D eigenvalue weighted by molar-refractivity contribution is -0.139. The van der Waals surface area contributed by atoms with Crippen molar-refractivity contribution in [1.82, 2.24) is 4.98 Å². The van der Waals surface area contributed by atoms with Crippen LogP contribution in [0.4, 0.5) is 0 Å². The monoisotopic (exact) mass is 354 g/mol. The van der Waals surface area contributed by atoms with E-state index < -0.39 is 12.6 Å². The van der Waals surface area contributed by atoms with Gasteiger partial charge in [-0.1, -0.05) is 23.7 Å². The van der Waals surface area contributed by atoms with Crippen LogP contribution in [0.1, 0.15) is 11.5 Å². The summed E-state index contributed by atoms with van der Waals surface area (Å²) in [6.07, 6.45) is 1.49. The first-order valence-electron chi connectivity index (χ1n) is 7.18. The second kappa shape index (κ2) is 7.07. The molecule has 1 aromatic heterocycles. The van der Waals surface area contributed by atoms with Crippen LogP contribution in [0.15, 0.2) is 46.9 Å². The number of fused-ring (bicyclic) bond motifs is 1. The number of para-hydroxylation sites is 2. The molecule has 1 heterocycles. The second-order valence-corrected chi connectivity index (χ2v) is 5.46. The first-order chi connectivity index (χ1) is 12.1. The number of nitriles is 1. The van der Waals surface area contributed by atoms with E-state index in [1.807, 2.05) is 18.2 Å². The van der Waals surface area contributed by atoms with Gasteiger partial charge in [0.1, 0.15) is 22.9 Å². The van der Waals surface area contributed by atoms with E-state index in [0.717, 1.165) is 0 Å². The minimum atomic E-state index is -1.11. The maximum atomic E-state index is 10.7. The van der Waals surface area contributed by atoms with E-state index in [1.54, 1.807) is 24.3 Å². The Bertz CT molecular complexity index is 984. The number of ether oxygens (including phenoxy) is 1. The number of oxazole rings is 1. The van der Waals surface area contributed by atoms with Crippen LogP contribution in [0.3, 0.4) is 0 Å². The third-order valence-corrected chi connectivity index (χ3v) is 3.50. The van der Waals surface area contributed by atoms with E-state index in [0.29, 0.717) is 21.7 Å². The van der Waals surface area contributed by atoms with E-state index in [-0.39, 0.29) is 17.2 Å². The zero-order valence-electron chi connectivity index (χ0n) is 12.8. The number of hydrogen-bond acceptors (Lipinski definition) is 5. The van der Waals surface area contributed by atoms with Crippen molar-refractivity contribution in [2.75, 3.05) is 6.61 Å². The van der Waals surface area contributed by atoms with Gasteiger partial charge in [0.05, 0.1) is 0 Å². The van der Waals surface area contributed by atoms with Gasteiger partial charge in [0.25, 0.3) is 0 Å². The molecule has 0 aliphatic rings. The van der Waals surface area contributed by atoms with E-state index in [9.17, 15) is 10.1 Å². The number of aliphatic carboxylic acids is 1. The molecule has 0 saturated heterocycles. The van der Waals surface area contributed by atoms with E-state index >= 15 is 0 Å². The summed E-state index contributed by atoms with van der Waals surface area (Å²) >= 11 is 5.99. The summed E-state index contributed by atoms with van der Waals surface area (Å²) < 4.78 is 10.8. The van der Waals surface area contributed by atoms with Crippen LogP contribution in [0.5, 0.6) is 5.75 Å². The summed E-state index contributed by atoms with van der Waals surface area (Å²) in [6, 6.07) is 13.9. The number of aromatic nitrogens is 1. The summed E-state index contributed by atoms with van der Waals surface area (Å²) in [7, 11) is 0. The zero-order valence-corrected chi connectivity index (χ0v) is 13.5. The maximum absolute atomic E-state index is 10.7. The molecular formula is C18H11ClN2O4. The Balaban J connectivity index is 2.03. The van der Waals surface area contributed by atoms with Gasteiger partial charge in [0.15, 0.2) is 12.2 Å². The average molecular weight is 355 g/mol. The average Bonchev–Trinajstić information content (AvgIpc) is 3.02. The van der Waals surface area contributed by atoms with Gasteiger partial charge in [-0.2, -0.15) is 5.26 Å². The molecular weight excluding hydrogens is 344 g/mol. The van der Waals surface area contributed by atoms with Crippen molar-refractivity contribution < 1.29 is 19.1 Å². The molecule has 0 radical (unpaired) electrons. The molecule has 124 valence electrons. The van der Waals surface area contributed by atoms with Crippen LogP contribution < -0.4 is 4.74 Å². The molecule has 25 heavy (non-hydrogen) atoms. The Hall–Kier alpha value is -3.30. The summed E-state index contributed by atoms with van der Waals surface area (Å²) in [4.78, 5) is 15.0. The molecule has 0 saturated carbocycles. The molecule has 0 atom stereocenters. The molecule has 3 aromatic rings. The van der Waals surface area contributed by atoms with Gasteiger partial charge in [-0.25, -0.2) is 9.78 Å². The smallest absolute Gasteiger partial charge is 0.341 e. The number of carboxylic acids is 1. The summed E-state index contributed by atoms with van der Waals surface area (Å²) in [5, 5.41) is 18.6. The fourth-order valence-corrected chi connectivity index (χ4v) is 2.37. The number of carboxylic acid groups (broad SMARTS) is 1. The number of hydrogen-bond donors (Lipinski definition) is 1. The number of halogens is 1. The van der Waals surface area contributed by atoms with Crippen molar-refractivity contribution in [2.45, 2.75) is 0 Å². The molecule has 3 rings (SSSR count). The Kier molecular flexibility index (Phi) is 4.68.